The van der Waals surface area contributed by atoms with Gasteiger partial charge in [0.25, 0.3) is 0 Å². The smallest absolute Gasteiger partial charge is 0.171 e. The summed E-state index contributed by atoms with van der Waals surface area (Å²) in [5.41, 5.74) is -1.37. The quantitative estimate of drug-likeness (QED) is 0.354. The van der Waals surface area contributed by atoms with Crippen LogP contribution in [0.5, 0.6) is 0 Å². The Bertz CT molecular complexity index is 371. The lowest BCUT2D eigenvalue weighted by Crippen LogP contribution is -2.42. The van der Waals surface area contributed by atoms with Crippen LogP contribution in [-0.4, -0.2) is 6.18 Å². The highest BCUT2D eigenvalue weighted by atomic mass is 19.4. The fraction of sp³-hybridized carbons (Fsp3) is 1.00. The molecule has 0 heterocycles. The zero-order chi connectivity index (χ0) is 19.0. The zero-order valence-corrected chi connectivity index (χ0v) is 17.2. The largest absolute Gasteiger partial charge is 0.394 e. The number of halogens is 3. The van der Waals surface area contributed by atoms with Gasteiger partial charge < -0.3 is 0 Å². The molecule has 0 unspecified atom stereocenters. The minimum absolute atomic E-state index is 0.327. The van der Waals surface area contributed by atoms with Gasteiger partial charge in [-0.15, -0.1) is 0 Å². The molecule has 2 saturated carbocycles. The van der Waals surface area contributed by atoms with Crippen molar-refractivity contribution in [1.82, 2.24) is 0 Å². The minimum atomic E-state index is -4.01. The van der Waals surface area contributed by atoms with Crippen molar-refractivity contribution in [2.24, 2.45) is 23.2 Å². The third-order valence-corrected chi connectivity index (χ3v) is 7.59. The molecule has 0 aromatic heterocycles. The fourth-order valence-corrected chi connectivity index (χ4v) is 5.80. The summed E-state index contributed by atoms with van der Waals surface area (Å²) in [7, 11) is 0. The van der Waals surface area contributed by atoms with Gasteiger partial charge in [0.1, 0.15) is 0 Å². The van der Waals surface area contributed by atoms with Crippen LogP contribution < -0.4 is 0 Å². The highest BCUT2D eigenvalue weighted by molar-refractivity contribution is 4.93. The highest BCUT2D eigenvalue weighted by Gasteiger charge is 2.55. The average molecular weight is 375 g/mol. The van der Waals surface area contributed by atoms with Gasteiger partial charge in [0, 0.05) is 0 Å². The third-order valence-electron chi connectivity index (χ3n) is 7.59. The van der Waals surface area contributed by atoms with Gasteiger partial charge in [-0.3, -0.25) is 0 Å². The Morgan fingerprint density at radius 3 is 1.85 bits per heavy atom. The van der Waals surface area contributed by atoms with E-state index in [4.69, 9.17) is 0 Å². The number of alkyl halides is 3. The maximum absolute atomic E-state index is 13.6. The van der Waals surface area contributed by atoms with Crippen molar-refractivity contribution < 1.29 is 13.2 Å². The first kappa shape index (κ1) is 22.1. The van der Waals surface area contributed by atoms with E-state index in [9.17, 15) is 13.2 Å². The van der Waals surface area contributed by atoms with Crippen molar-refractivity contribution in [1.29, 1.82) is 0 Å². The summed E-state index contributed by atoms with van der Waals surface area (Å²) in [6, 6.07) is 0. The Kier molecular flexibility index (Phi) is 8.80. The second-order valence-corrected chi connectivity index (χ2v) is 9.35. The summed E-state index contributed by atoms with van der Waals surface area (Å²) in [6.07, 6.45) is 12.8. The number of hydrogen-bond acceptors (Lipinski definition) is 0. The topological polar surface area (TPSA) is 0 Å². The van der Waals surface area contributed by atoms with Crippen LogP contribution >= 0.6 is 0 Å². The maximum atomic E-state index is 13.6. The van der Waals surface area contributed by atoms with E-state index in [1.165, 1.54) is 64.2 Å². The van der Waals surface area contributed by atoms with Crippen LogP contribution in [0.4, 0.5) is 13.2 Å². The van der Waals surface area contributed by atoms with E-state index in [1.54, 1.807) is 0 Å². The van der Waals surface area contributed by atoms with Crippen LogP contribution in [-0.2, 0) is 0 Å². The fourth-order valence-electron chi connectivity index (χ4n) is 5.80. The molecule has 2 aliphatic carbocycles. The van der Waals surface area contributed by atoms with E-state index in [1.807, 2.05) is 6.92 Å². The second kappa shape index (κ2) is 10.4. The first-order valence-electron chi connectivity index (χ1n) is 11.5. The molecule has 0 spiro atoms. The van der Waals surface area contributed by atoms with Crippen LogP contribution in [0.25, 0.3) is 0 Å². The normalized spacial score (nSPS) is 33.3. The molecule has 0 bridgehead atoms. The monoisotopic (exact) mass is 374 g/mol. The Morgan fingerprint density at radius 2 is 1.31 bits per heavy atom. The highest BCUT2D eigenvalue weighted by Crippen LogP contribution is 2.55. The lowest BCUT2D eigenvalue weighted by atomic mass is 9.62. The van der Waals surface area contributed by atoms with Crippen LogP contribution in [0, 0.1) is 23.2 Å². The molecule has 26 heavy (non-hydrogen) atoms. The first-order valence-corrected chi connectivity index (χ1v) is 11.5. The standard InChI is InChI=1S/C23H41F3/c1-3-5-6-7-8-9-19-10-12-20(13-11-19)21-14-17-22(16-4-2,18-15-21)23(24,25)26/h19-21H,3-18H2,1-2H3. The lowest BCUT2D eigenvalue weighted by Gasteiger charge is -2.44. The summed E-state index contributed by atoms with van der Waals surface area (Å²) in [6.45, 7) is 4.15. The molecular weight excluding hydrogens is 333 g/mol. The molecule has 0 aromatic carbocycles. The Morgan fingerprint density at radius 1 is 0.731 bits per heavy atom. The molecule has 0 aliphatic heterocycles. The Labute approximate surface area is 159 Å². The lowest BCUT2D eigenvalue weighted by molar-refractivity contribution is -0.241. The molecule has 0 aromatic rings. The Hall–Kier alpha value is -0.210. The van der Waals surface area contributed by atoms with Crippen molar-refractivity contribution in [2.75, 3.05) is 0 Å². The molecule has 0 radical (unpaired) electrons. The van der Waals surface area contributed by atoms with Crippen molar-refractivity contribution in [3.63, 3.8) is 0 Å². The van der Waals surface area contributed by atoms with Crippen molar-refractivity contribution in [3.8, 4) is 0 Å². The van der Waals surface area contributed by atoms with Crippen molar-refractivity contribution in [3.05, 3.63) is 0 Å². The number of unbranched alkanes of at least 4 members (excludes halogenated alkanes) is 4. The Balaban J connectivity index is 1.71. The first-order chi connectivity index (χ1) is 12.4. The second-order valence-electron chi connectivity index (χ2n) is 9.35. The molecule has 0 atom stereocenters. The van der Waals surface area contributed by atoms with Crippen molar-refractivity contribution in [2.45, 2.75) is 123 Å². The zero-order valence-electron chi connectivity index (χ0n) is 17.2. The minimum Gasteiger partial charge on any atom is -0.171 e. The van der Waals surface area contributed by atoms with E-state index in [-0.39, 0.29) is 0 Å². The molecule has 0 saturated heterocycles. The van der Waals surface area contributed by atoms with Gasteiger partial charge in [-0.1, -0.05) is 71.6 Å². The summed E-state index contributed by atoms with van der Waals surface area (Å²) in [5.74, 6) is 2.16. The van der Waals surface area contributed by atoms with Crippen LogP contribution in [0.1, 0.15) is 117 Å². The van der Waals surface area contributed by atoms with Gasteiger partial charge in [-0.2, -0.15) is 13.2 Å². The number of rotatable bonds is 9. The van der Waals surface area contributed by atoms with Crippen LogP contribution in [0.3, 0.4) is 0 Å². The van der Waals surface area contributed by atoms with Gasteiger partial charge in [0.15, 0.2) is 0 Å². The van der Waals surface area contributed by atoms with Crippen LogP contribution in [0.15, 0.2) is 0 Å². The van der Waals surface area contributed by atoms with Gasteiger partial charge in [-0.25, -0.2) is 0 Å². The SMILES string of the molecule is CCCCCCCC1CCC(C2CCC(CCC)(C(F)(F)F)CC2)CC1. The third kappa shape index (κ3) is 5.89. The summed E-state index contributed by atoms with van der Waals surface area (Å²) in [4.78, 5) is 0. The summed E-state index contributed by atoms with van der Waals surface area (Å²) < 4.78 is 40.8. The average Bonchev–Trinajstić information content (AvgIpc) is 2.62. The molecule has 2 aliphatic rings. The molecule has 0 amide bonds. The van der Waals surface area contributed by atoms with Gasteiger partial charge in [0.05, 0.1) is 5.41 Å². The molecular formula is C23H41F3. The van der Waals surface area contributed by atoms with E-state index < -0.39 is 11.6 Å². The predicted molar refractivity (Wildman–Crippen MR) is 104 cm³/mol. The van der Waals surface area contributed by atoms with Gasteiger partial charge in [-0.05, 0) is 62.7 Å². The molecule has 154 valence electrons. The predicted octanol–water partition coefficient (Wildman–Crippen LogP) is 8.69. The number of hydrogen-bond donors (Lipinski definition) is 0. The molecule has 0 nitrogen and oxygen atoms in total. The maximum Gasteiger partial charge on any atom is 0.394 e. The molecule has 3 heteroatoms. The van der Waals surface area contributed by atoms with Crippen LogP contribution in [0.2, 0.25) is 0 Å². The molecule has 0 N–H and O–H groups in total. The molecule has 2 fully saturated rings. The molecule has 2 rings (SSSR count). The van der Waals surface area contributed by atoms with E-state index in [2.05, 4.69) is 6.92 Å². The van der Waals surface area contributed by atoms with Gasteiger partial charge >= 0.3 is 6.18 Å². The summed E-state index contributed by atoms with van der Waals surface area (Å²) in [5, 5.41) is 0. The van der Waals surface area contributed by atoms with E-state index >= 15 is 0 Å². The summed E-state index contributed by atoms with van der Waals surface area (Å²) >= 11 is 0. The van der Waals surface area contributed by atoms with Gasteiger partial charge in [0.2, 0.25) is 0 Å². The van der Waals surface area contributed by atoms with E-state index in [0.29, 0.717) is 37.5 Å². The van der Waals surface area contributed by atoms with Crippen molar-refractivity contribution >= 4 is 0 Å². The van der Waals surface area contributed by atoms with E-state index in [0.717, 1.165) is 18.8 Å².